The molecule has 1 aliphatic heterocycles. The van der Waals surface area contributed by atoms with Crippen LogP contribution in [-0.2, 0) is 14.4 Å². The van der Waals surface area contributed by atoms with Gasteiger partial charge in [0.25, 0.3) is 0 Å². The first kappa shape index (κ1) is 13.1. The van der Waals surface area contributed by atoms with Crippen LogP contribution < -0.4 is 0 Å². The van der Waals surface area contributed by atoms with Crippen LogP contribution in [0.25, 0.3) is 0 Å². The molecule has 106 valence electrons. The summed E-state index contributed by atoms with van der Waals surface area (Å²) in [5.41, 5.74) is 3.23. The normalized spacial score (nSPS) is 40.8. The van der Waals surface area contributed by atoms with Crippen LogP contribution in [0.4, 0.5) is 0 Å². The molecule has 4 atom stereocenters. The molecule has 0 radical (unpaired) electrons. The van der Waals surface area contributed by atoms with Crippen molar-refractivity contribution >= 4 is 5.97 Å². The van der Waals surface area contributed by atoms with Gasteiger partial charge in [0.1, 0.15) is 0 Å². The van der Waals surface area contributed by atoms with E-state index in [9.17, 15) is 4.79 Å². The quantitative estimate of drug-likeness (QED) is 0.450. The van der Waals surface area contributed by atoms with Gasteiger partial charge in [0.2, 0.25) is 0 Å². The van der Waals surface area contributed by atoms with Crippen LogP contribution in [-0.4, -0.2) is 23.9 Å². The fourth-order valence-corrected chi connectivity index (χ4v) is 4.52. The molecule has 2 aliphatic carbocycles. The Morgan fingerprint density at radius 3 is 2.89 bits per heavy atom. The summed E-state index contributed by atoms with van der Waals surface area (Å²) in [6.45, 7) is 5.13. The zero-order valence-electron chi connectivity index (χ0n) is 11.6. The molecule has 1 heterocycles. The van der Waals surface area contributed by atoms with Crippen LogP contribution in [0.15, 0.2) is 11.1 Å². The molecule has 4 unspecified atom stereocenters. The van der Waals surface area contributed by atoms with Gasteiger partial charge < -0.3 is 9.62 Å². The molecule has 1 spiro atoms. The highest BCUT2D eigenvalue weighted by Crippen LogP contribution is 2.58. The lowest BCUT2D eigenvalue weighted by atomic mass is 9.74. The average Bonchev–Trinajstić information content (AvgIpc) is 2.91. The summed E-state index contributed by atoms with van der Waals surface area (Å²) in [4.78, 5) is 15.6. The predicted octanol–water partition coefficient (Wildman–Crippen LogP) is 2.93. The highest BCUT2D eigenvalue weighted by molar-refractivity contribution is 5.72. The van der Waals surface area contributed by atoms with Crippen molar-refractivity contribution in [2.45, 2.75) is 52.1 Å². The van der Waals surface area contributed by atoms with Crippen molar-refractivity contribution in [2.24, 2.45) is 17.3 Å². The van der Waals surface area contributed by atoms with Gasteiger partial charge in [-0.3, -0.25) is 0 Å². The van der Waals surface area contributed by atoms with Crippen molar-refractivity contribution in [3.8, 4) is 0 Å². The molecule has 19 heavy (non-hydrogen) atoms. The summed E-state index contributed by atoms with van der Waals surface area (Å²) >= 11 is 0. The second-order valence-electron chi connectivity index (χ2n) is 6.59. The van der Waals surface area contributed by atoms with Crippen LogP contribution in [0.1, 0.15) is 46.0 Å². The van der Waals surface area contributed by atoms with Gasteiger partial charge in [-0.1, -0.05) is 11.1 Å². The number of fused-ring (bicyclic) bond motifs is 1. The van der Waals surface area contributed by atoms with E-state index in [1.165, 1.54) is 18.4 Å². The Balaban J connectivity index is 1.90. The van der Waals surface area contributed by atoms with E-state index in [0.29, 0.717) is 5.92 Å². The van der Waals surface area contributed by atoms with Gasteiger partial charge in [-0.2, -0.15) is 5.26 Å². The maximum Gasteiger partial charge on any atom is 0.347 e. The first-order valence-corrected chi connectivity index (χ1v) is 7.20. The highest BCUT2D eigenvalue weighted by atomic mass is 17.1. The van der Waals surface area contributed by atoms with E-state index in [0.717, 1.165) is 25.9 Å². The third-order valence-electron chi connectivity index (χ3n) is 5.49. The molecular formula is C15H22O4. The number of hydrogen-bond acceptors (Lipinski definition) is 4. The molecule has 0 aromatic carbocycles. The third-order valence-corrected chi connectivity index (χ3v) is 5.49. The van der Waals surface area contributed by atoms with Crippen molar-refractivity contribution in [3.63, 3.8) is 0 Å². The predicted molar refractivity (Wildman–Crippen MR) is 69.3 cm³/mol. The Hall–Kier alpha value is -0.870. The summed E-state index contributed by atoms with van der Waals surface area (Å²) in [6, 6.07) is 0. The summed E-state index contributed by atoms with van der Waals surface area (Å²) < 4.78 is 5.89. The van der Waals surface area contributed by atoms with E-state index < -0.39 is 5.97 Å². The zero-order valence-corrected chi connectivity index (χ0v) is 11.6. The molecule has 1 saturated heterocycles. The maximum absolute atomic E-state index is 11.7. The van der Waals surface area contributed by atoms with Crippen molar-refractivity contribution in [2.75, 3.05) is 6.61 Å². The van der Waals surface area contributed by atoms with E-state index in [1.807, 2.05) is 0 Å². The van der Waals surface area contributed by atoms with Gasteiger partial charge in [0.05, 0.1) is 18.6 Å². The fourth-order valence-electron chi connectivity index (χ4n) is 4.52. The number of ether oxygens (including phenoxy) is 1. The zero-order chi connectivity index (χ0) is 13.6. The summed E-state index contributed by atoms with van der Waals surface area (Å²) in [5, 5.41) is 8.63. The van der Waals surface area contributed by atoms with Gasteiger partial charge in [-0.25, -0.2) is 4.79 Å². The van der Waals surface area contributed by atoms with Gasteiger partial charge in [-0.05, 0) is 51.9 Å². The number of allylic oxidation sites excluding steroid dienone is 2. The Kier molecular flexibility index (Phi) is 3.18. The van der Waals surface area contributed by atoms with Crippen LogP contribution in [0.2, 0.25) is 0 Å². The van der Waals surface area contributed by atoms with E-state index in [-0.39, 0.29) is 17.4 Å². The van der Waals surface area contributed by atoms with Crippen LogP contribution in [0.5, 0.6) is 0 Å². The van der Waals surface area contributed by atoms with Gasteiger partial charge in [0, 0.05) is 5.41 Å². The van der Waals surface area contributed by atoms with E-state index in [4.69, 9.17) is 9.99 Å². The minimum atomic E-state index is -0.527. The van der Waals surface area contributed by atoms with Gasteiger partial charge >= 0.3 is 5.97 Å². The number of carbonyl (C=O) groups excluding carboxylic acids is 1. The summed E-state index contributed by atoms with van der Waals surface area (Å²) in [5.74, 6) is -0.270. The van der Waals surface area contributed by atoms with E-state index in [1.54, 1.807) is 5.57 Å². The Bertz CT molecular complexity index is 424. The molecule has 1 N–H and O–H groups in total. The van der Waals surface area contributed by atoms with Crippen molar-refractivity contribution < 1.29 is 19.7 Å². The topological polar surface area (TPSA) is 55.8 Å². The number of hydrogen-bond donors (Lipinski definition) is 1. The molecule has 0 amide bonds. The molecule has 3 aliphatic rings. The Morgan fingerprint density at radius 1 is 1.42 bits per heavy atom. The van der Waals surface area contributed by atoms with Crippen LogP contribution in [0.3, 0.4) is 0 Å². The minimum absolute atomic E-state index is 0.0684. The van der Waals surface area contributed by atoms with E-state index >= 15 is 0 Å². The standard InChI is InChI=1S/C15H22O4/c1-9(2)10-5-6-15-7-13(18-8-15)11(14(16)19-17)3-4-12(10)15/h11-13,17H,3-8H2,1-2H3. The van der Waals surface area contributed by atoms with Gasteiger partial charge in [0.15, 0.2) is 0 Å². The minimum Gasteiger partial charge on any atom is -0.377 e. The monoisotopic (exact) mass is 266 g/mol. The second-order valence-corrected chi connectivity index (χ2v) is 6.59. The highest BCUT2D eigenvalue weighted by Gasteiger charge is 2.55. The summed E-state index contributed by atoms with van der Waals surface area (Å²) in [7, 11) is 0. The smallest absolute Gasteiger partial charge is 0.347 e. The molecule has 2 saturated carbocycles. The second kappa shape index (κ2) is 4.60. The van der Waals surface area contributed by atoms with Gasteiger partial charge in [-0.15, -0.1) is 0 Å². The van der Waals surface area contributed by atoms with Crippen LogP contribution >= 0.6 is 0 Å². The molecule has 0 aromatic heterocycles. The molecule has 4 heteroatoms. The molecule has 3 rings (SSSR count). The molecular weight excluding hydrogens is 244 g/mol. The molecule has 0 aromatic rings. The number of rotatable bonds is 1. The molecule has 2 bridgehead atoms. The van der Waals surface area contributed by atoms with E-state index in [2.05, 4.69) is 18.7 Å². The summed E-state index contributed by atoms with van der Waals surface area (Å²) in [6.07, 6.45) is 5.00. The Labute approximate surface area is 113 Å². The maximum atomic E-state index is 11.7. The van der Waals surface area contributed by atoms with Crippen molar-refractivity contribution in [1.82, 2.24) is 0 Å². The number of carbonyl (C=O) groups is 1. The first-order valence-electron chi connectivity index (χ1n) is 7.20. The largest absolute Gasteiger partial charge is 0.377 e. The third kappa shape index (κ3) is 1.93. The molecule has 3 fully saturated rings. The Morgan fingerprint density at radius 2 is 2.21 bits per heavy atom. The van der Waals surface area contributed by atoms with Crippen molar-refractivity contribution in [1.29, 1.82) is 0 Å². The first-order chi connectivity index (χ1) is 9.07. The van der Waals surface area contributed by atoms with Crippen molar-refractivity contribution in [3.05, 3.63) is 11.1 Å². The fraction of sp³-hybridized carbons (Fsp3) is 0.800. The lowest BCUT2D eigenvalue weighted by molar-refractivity contribution is -0.242. The SMILES string of the molecule is CC(C)=C1CCC23COC(C2)C(C(=O)OO)CCC13. The lowest BCUT2D eigenvalue weighted by Crippen LogP contribution is -2.29. The van der Waals surface area contributed by atoms with Crippen LogP contribution in [0, 0.1) is 17.3 Å². The average molecular weight is 266 g/mol. The lowest BCUT2D eigenvalue weighted by Gasteiger charge is -2.30. The molecule has 4 nitrogen and oxygen atoms in total.